The van der Waals surface area contributed by atoms with Crippen molar-refractivity contribution in [2.45, 2.75) is 12.5 Å². The number of hydrogen-bond acceptors (Lipinski definition) is 6. The molecule has 0 radical (unpaired) electrons. The van der Waals surface area contributed by atoms with Gasteiger partial charge in [-0.05, 0) is 17.7 Å². The number of rotatable bonds is 4. The van der Waals surface area contributed by atoms with E-state index in [0.717, 1.165) is 11.3 Å². The predicted octanol–water partition coefficient (Wildman–Crippen LogP) is 3.36. The van der Waals surface area contributed by atoms with E-state index in [4.69, 9.17) is 0 Å². The van der Waals surface area contributed by atoms with Gasteiger partial charge in [0.15, 0.2) is 0 Å². The molecule has 2 aromatic carbocycles. The highest BCUT2D eigenvalue weighted by Gasteiger charge is 2.27. The summed E-state index contributed by atoms with van der Waals surface area (Å²) >= 11 is 0. The van der Waals surface area contributed by atoms with Crippen LogP contribution in [0.2, 0.25) is 0 Å². The van der Waals surface area contributed by atoms with E-state index in [2.05, 4.69) is 27.3 Å². The third-order valence-corrected chi connectivity index (χ3v) is 4.40. The van der Waals surface area contributed by atoms with Crippen molar-refractivity contribution in [3.8, 4) is 0 Å². The van der Waals surface area contributed by atoms with Crippen molar-refractivity contribution in [1.82, 2.24) is 14.8 Å². The average molecular weight is 376 g/mol. The first-order valence-electron chi connectivity index (χ1n) is 8.53. The molecule has 0 saturated carbocycles. The fourth-order valence-electron chi connectivity index (χ4n) is 3.05. The van der Waals surface area contributed by atoms with Crippen LogP contribution in [-0.4, -0.2) is 25.6 Å². The molecule has 2 heterocycles. The van der Waals surface area contributed by atoms with Gasteiger partial charge in [-0.25, -0.2) is 4.68 Å². The number of amides is 1. The number of nitrogens with one attached hydrogen (secondary N) is 2. The van der Waals surface area contributed by atoms with Crippen LogP contribution in [0.15, 0.2) is 66.9 Å². The monoisotopic (exact) mass is 376 g/mol. The van der Waals surface area contributed by atoms with Crippen molar-refractivity contribution in [2.24, 2.45) is 0 Å². The van der Waals surface area contributed by atoms with E-state index in [1.54, 1.807) is 4.68 Å². The molecule has 0 saturated heterocycles. The summed E-state index contributed by atoms with van der Waals surface area (Å²) in [6.45, 7) is 3.99. The lowest BCUT2D eigenvalue weighted by atomic mass is 10.0. The van der Waals surface area contributed by atoms with Crippen LogP contribution in [0.3, 0.4) is 0 Å². The number of nitro benzene ring substituents is 1. The Morgan fingerprint density at radius 3 is 2.61 bits per heavy atom. The van der Waals surface area contributed by atoms with Crippen molar-refractivity contribution < 1.29 is 9.72 Å². The minimum atomic E-state index is -0.519. The van der Waals surface area contributed by atoms with E-state index in [1.165, 1.54) is 24.3 Å². The van der Waals surface area contributed by atoms with Crippen molar-refractivity contribution >= 4 is 23.5 Å². The van der Waals surface area contributed by atoms with Crippen LogP contribution in [0, 0.1) is 10.1 Å². The molecular formula is C19H16N6O3. The molecule has 28 heavy (non-hydrogen) atoms. The smallest absolute Gasteiger partial charge is 0.269 e. The van der Waals surface area contributed by atoms with Crippen LogP contribution in [0.4, 0.5) is 17.6 Å². The van der Waals surface area contributed by atoms with Gasteiger partial charge in [0.1, 0.15) is 0 Å². The number of carbonyl (C=O) groups is 1. The fraction of sp³-hybridized carbons (Fsp3) is 0.105. The summed E-state index contributed by atoms with van der Waals surface area (Å²) in [4.78, 5) is 27.0. The summed E-state index contributed by atoms with van der Waals surface area (Å²) in [6, 6.07) is 15.1. The van der Waals surface area contributed by atoms with E-state index >= 15 is 0 Å². The number of aromatic nitrogens is 3. The maximum atomic E-state index is 12.4. The normalized spacial score (nSPS) is 15.4. The summed E-state index contributed by atoms with van der Waals surface area (Å²) in [5, 5.41) is 20.9. The zero-order chi connectivity index (χ0) is 19.7. The van der Waals surface area contributed by atoms with E-state index in [-0.39, 0.29) is 23.2 Å². The first kappa shape index (κ1) is 17.4. The number of fused-ring (bicyclic) bond motifs is 1. The van der Waals surface area contributed by atoms with Crippen LogP contribution < -0.4 is 10.6 Å². The summed E-state index contributed by atoms with van der Waals surface area (Å²) in [7, 11) is 0. The lowest BCUT2D eigenvalue weighted by molar-refractivity contribution is -0.384. The molecular weight excluding hydrogens is 360 g/mol. The molecule has 1 aliphatic rings. The summed E-state index contributed by atoms with van der Waals surface area (Å²) in [6.07, 6.45) is 0.649. The minimum Gasteiger partial charge on any atom is -0.329 e. The average Bonchev–Trinajstić information content (AvgIpc) is 3.10. The van der Waals surface area contributed by atoms with Crippen LogP contribution >= 0.6 is 0 Å². The van der Waals surface area contributed by atoms with Crippen LogP contribution in [0.5, 0.6) is 0 Å². The van der Waals surface area contributed by atoms with E-state index in [9.17, 15) is 14.9 Å². The largest absolute Gasteiger partial charge is 0.329 e. The first-order chi connectivity index (χ1) is 13.5. The molecule has 1 aliphatic heterocycles. The summed E-state index contributed by atoms with van der Waals surface area (Å²) in [5.74, 6) is 0.179. The second-order valence-corrected chi connectivity index (χ2v) is 6.32. The molecule has 140 valence electrons. The fourth-order valence-corrected chi connectivity index (χ4v) is 3.05. The lowest BCUT2D eigenvalue weighted by Crippen LogP contribution is -2.23. The quantitative estimate of drug-likeness (QED) is 0.533. The molecule has 0 spiro atoms. The highest BCUT2D eigenvalue weighted by Crippen LogP contribution is 2.32. The Kier molecular flexibility index (Phi) is 4.32. The van der Waals surface area contributed by atoms with Crippen LogP contribution in [0.25, 0.3) is 0 Å². The Bertz CT molecular complexity index is 1060. The van der Waals surface area contributed by atoms with E-state index in [0.29, 0.717) is 12.4 Å². The van der Waals surface area contributed by atoms with Gasteiger partial charge in [-0.15, -0.1) is 5.10 Å². The molecule has 1 atom stereocenters. The van der Waals surface area contributed by atoms with Gasteiger partial charge in [-0.2, -0.15) is 4.98 Å². The Morgan fingerprint density at radius 2 is 1.93 bits per heavy atom. The van der Waals surface area contributed by atoms with Crippen LogP contribution in [0.1, 0.15) is 28.4 Å². The topological polar surface area (TPSA) is 115 Å². The number of benzene rings is 2. The summed E-state index contributed by atoms with van der Waals surface area (Å²) < 4.78 is 1.72. The predicted molar refractivity (Wildman–Crippen MR) is 103 cm³/mol. The highest BCUT2D eigenvalue weighted by molar-refractivity contribution is 6.03. The molecule has 3 aromatic rings. The molecule has 0 fully saturated rings. The highest BCUT2D eigenvalue weighted by atomic mass is 16.6. The van der Waals surface area contributed by atoms with Gasteiger partial charge in [-0.3, -0.25) is 20.2 Å². The molecule has 0 bridgehead atoms. The number of nitrogens with zero attached hydrogens (tertiary/aromatic N) is 4. The Hall–Kier alpha value is -4.01. The van der Waals surface area contributed by atoms with E-state index < -0.39 is 10.8 Å². The molecule has 9 nitrogen and oxygen atoms in total. The van der Waals surface area contributed by atoms with Gasteiger partial charge in [0.05, 0.1) is 11.0 Å². The van der Waals surface area contributed by atoms with Gasteiger partial charge < -0.3 is 5.32 Å². The van der Waals surface area contributed by atoms with Crippen LogP contribution in [-0.2, 0) is 0 Å². The Balaban J connectivity index is 1.58. The third kappa shape index (κ3) is 3.32. The molecule has 1 aromatic heterocycles. The lowest BCUT2D eigenvalue weighted by Gasteiger charge is -2.26. The SMILES string of the molecule is C=C1C[C@@H](c2ccccc2)n2nc(NC(=O)c3ccc([N+](=O)[O-])cc3)nc2N1. The number of hydrogen-bond donors (Lipinski definition) is 2. The van der Waals surface area contributed by atoms with Crippen molar-refractivity contribution in [2.75, 3.05) is 10.6 Å². The number of nitro groups is 1. The van der Waals surface area contributed by atoms with Gasteiger partial charge in [0, 0.05) is 29.8 Å². The number of non-ortho nitro benzene ring substituents is 1. The molecule has 2 N–H and O–H groups in total. The second-order valence-electron chi connectivity index (χ2n) is 6.32. The maximum absolute atomic E-state index is 12.4. The summed E-state index contributed by atoms with van der Waals surface area (Å²) in [5.41, 5.74) is 2.06. The van der Waals surface area contributed by atoms with Crippen molar-refractivity contribution in [1.29, 1.82) is 0 Å². The second kappa shape index (κ2) is 6.95. The molecule has 4 rings (SSSR count). The Labute approximate surface area is 159 Å². The first-order valence-corrected chi connectivity index (χ1v) is 8.53. The minimum absolute atomic E-state index is 0.0810. The zero-order valence-corrected chi connectivity index (χ0v) is 14.7. The standard InChI is InChI=1S/C19H16N6O3/c1-12-11-16(13-5-3-2-4-6-13)24-19(20-12)22-18(23-24)21-17(26)14-7-9-15(10-8-14)25(27)28/h2-10,16H,1,11H2,(H2,20,21,22,23,26)/t16-/m0/s1. The van der Waals surface area contributed by atoms with Gasteiger partial charge >= 0.3 is 0 Å². The molecule has 0 unspecified atom stereocenters. The third-order valence-electron chi connectivity index (χ3n) is 4.40. The van der Waals surface area contributed by atoms with Crippen molar-refractivity contribution in [3.63, 3.8) is 0 Å². The molecule has 0 aliphatic carbocycles. The Morgan fingerprint density at radius 1 is 1.21 bits per heavy atom. The van der Waals surface area contributed by atoms with Gasteiger partial charge in [0.2, 0.25) is 5.95 Å². The zero-order valence-electron chi connectivity index (χ0n) is 14.7. The molecule has 9 heteroatoms. The van der Waals surface area contributed by atoms with Gasteiger partial charge in [0.25, 0.3) is 17.5 Å². The number of carbonyl (C=O) groups excluding carboxylic acids is 1. The van der Waals surface area contributed by atoms with E-state index in [1.807, 2.05) is 30.3 Å². The molecule has 1 amide bonds. The number of allylic oxidation sites excluding steroid dienone is 1. The van der Waals surface area contributed by atoms with Crippen molar-refractivity contribution in [3.05, 3.63) is 88.1 Å². The van der Waals surface area contributed by atoms with Gasteiger partial charge in [-0.1, -0.05) is 36.9 Å². The maximum Gasteiger partial charge on any atom is 0.269 e. The number of anilines is 2.